The summed E-state index contributed by atoms with van der Waals surface area (Å²) in [6.07, 6.45) is 0.0117. The fourth-order valence-corrected chi connectivity index (χ4v) is 3.65. The standard InChI is InChI=1S/C18H21FN4O2/c1-10-11(2)21-17-13(6-12(19)7-14(17)20-10)18(24)23-8-15-16(9-23)25-5-4-22(15)3/h6-7,15-16H,4-5,8-9H2,1-3H3/t15-,16+/m0/s1. The Balaban J connectivity index is 1.72. The van der Waals surface area contributed by atoms with Crippen LogP contribution in [0.3, 0.4) is 0 Å². The van der Waals surface area contributed by atoms with Gasteiger partial charge in [0.2, 0.25) is 0 Å². The van der Waals surface area contributed by atoms with Crippen molar-refractivity contribution in [2.45, 2.75) is 26.0 Å². The largest absolute Gasteiger partial charge is 0.373 e. The van der Waals surface area contributed by atoms with Crippen LogP contribution in [0.1, 0.15) is 21.7 Å². The minimum Gasteiger partial charge on any atom is -0.373 e. The summed E-state index contributed by atoms with van der Waals surface area (Å²) < 4.78 is 19.9. The van der Waals surface area contributed by atoms with Crippen LogP contribution >= 0.6 is 0 Å². The number of fused-ring (bicyclic) bond motifs is 2. The van der Waals surface area contributed by atoms with Crippen molar-refractivity contribution in [3.63, 3.8) is 0 Å². The van der Waals surface area contributed by atoms with Crippen LogP contribution in [0.25, 0.3) is 11.0 Å². The molecule has 2 aromatic rings. The van der Waals surface area contributed by atoms with Gasteiger partial charge in [-0.3, -0.25) is 9.69 Å². The van der Waals surface area contributed by atoms with Gasteiger partial charge in [-0.05, 0) is 27.0 Å². The van der Waals surface area contributed by atoms with Gasteiger partial charge >= 0.3 is 0 Å². The molecule has 25 heavy (non-hydrogen) atoms. The minimum absolute atomic E-state index is 0.0117. The summed E-state index contributed by atoms with van der Waals surface area (Å²) in [5.74, 6) is -0.688. The number of aryl methyl sites for hydroxylation is 2. The number of ether oxygens (including phenoxy) is 1. The van der Waals surface area contributed by atoms with Gasteiger partial charge in [-0.15, -0.1) is 0 Å². The van der Waals surface area contributed by atoms with Crippen molar-refractivity contribution in [2.24, 2.45) is 0 Å². The smallest absolute Gasteiger partial charge is 0.256 e. The lowest BCUT2D eigenvalue weighted by molar-refractivity contribution is -0.0368. The number of amides is 1. The van der Waals surface area contributed by atoms with Gasteiger partial charge in [-0.1, -0.05) is 0 Å². The summed E-state index contributed by atoms with van der Waals surface area (Å²) in [7, 11) is 2.04. The molecule has 2 aliphatic rings. The number of morpholine rings is 1. The third kappa shape index (κ3) is 2.77. The van der Waals surface area contributed by atoms with Crippen molar-refractivity contribution in [3.05, 3.63) is 34.9 Å². The van der Waals surface area contributed by atoms with Crippen LogP contribution in [0.5, 0.6) is 0 Å². The zero-order valence-electron chi connectivity index (χ0n) is 14.6. The zero-order chi connectivity index (χ0) is 17.7. The molecule has 2 fully saturated rings. The highest BCUT2D eigenvalue weighted by atomic mass is 19.1. The molecule has 0 bridgehead atoms. The Hall–Kier alpha value is -2.12. The van der Waals surface area contributed by atoms with Gasteiger partial charge in [0.1, 0.15) is 11.3 Å². The van der Waals surface area contributed by atoms with Crippen LogP contribution in [-0.2, 0) is 4.74 Å². The molecule has 0 spiro atoms. The van der Waals surface area contributed by atoms with Crippen molar-refractivity contribution >= 4 is 16.9 Å². The Bertz CT molecular complexity index is 857. The van der Waals surface area contributed by atoms with Crippen molar-refractivity contribution in [1.29, 1.82) is 0 Å². The van der Waals surface area contributed by atoms with Crippen molar-refractivity contribution in [3.8, 4) is 0 Å². The van der Waals surface area contributed by atoms with Crippen molar-refractivity contribution < 1.29 is 13.9 Å². The molecular formula is C18H21FN4O2. The lowest BCUT2D eigenvalue weighted by Crippen LogP contribution is -2.48. The molecule has 0 aliphatic carbocycles. The first-order valence-corrected chi connectivity index (χ1v) is 8.49. The maximum atomic E-state index is 14.1. The second kappa shape index (κ2) is 6.00. The number of halogens is 1. The third-order valence-corrected chi connectivity index (χ3v) is 5.24. The van der Waals surface area contributed by atoms with Crippen LogP contribution < -0.4 is 0 Å². The zero-order valence-corrected chi connectivity index (χ0v) is 14.6. The Morgan fingerprint density at radius 1 is 1.24 bits per heavy atom. The van der Waals surface area contributed by atoms with Gasteiger partial charge in [0, 0.05) is 25.7 Å². The average molecular weight is 344 g/mol. The molecule has 2 atom stereocenters. The van der Waals surface area contributed by atoms with Gasteiger partial charge in [0.15, 0.2) is 0 Å². The first kappa shape index (κ1) is 16.4. The lowest BCUT2D eigenvalue weighted by atomic mass is 10.1. The molecule has 0 radical (unpaired) electrons. The molecule has 1 aromatic heterocycles. The molecule has 1 amide bonds. The van der Waals surface area contributed by atoms with E-state index in [-0.39, 0.29) is 23.6 Å². The molecule has 2 saturated heterocycles. The number of hydrogen-bond acceptors (Lipinski definition) is 5. The molecule has 0 saturated carbocycles. The van der Waals surface area contributed by atoms with E-state index in [1.165, 1.54) is 12.1 Å². The summed E-state index contributed by atoms with van der Waals surface area (Å²) in [5.41, 5.74) is 2.62. The minimum atomic E-state index is -0.474. The Labute approximate surface area is 145 Å². The number of carbonyl (C=O) groups excluding carboxylic acids is 1. The van der Waals surface area contributed by atoms with Crippen LogP contribution in [-0.4, -0.2) is 71.1 Å². The predicted molar refractivity (Wildman–Crippen MR) is 91.0 cm³/mol. The Kier molecular flexibility index (Phi) is 3.92. The second-order valence-corrected chi connectivity index (χ2v) is 6.88. The maximum Gasteiger partial charge on any atom is 0.256 e. The van der Waals surface area contributed by atoms with Crippen LogP contribution in [0.2, 0.25) is 0 Å². The molecule has 7 heteroatoms. The van der Waals surface area contributed by atoms with E-state index in [4.69, 9.17) is 4.74 Å². The van der Waals surface area contributed by atoms with Gasteiger partial charge in [-0.25, -0.2) is 14.4 Å². The number of likely N-dealkylation sites (N-methyl/N-ethyl adjacent to an activating group) is 1. The molecule has 4 rings (SSSR count). The van der Waals surface area contributed by atoms with E-state index in [0.717, 1.165) is 17.9 Å². The van der Waals surface area contributed by atoms with Gasteiger partial charge in [-0.2, -0.15) is 0 Å². The summed E-state index contributed by atoms with van der Waals surface area (Å²) in [6, 6.07) is 2.78. The van der Waals surface area contributed by atoms with E-state index >= 15 is 0 Å². The molecule has 132 valence electrons. The SMILES string of the molecule is Cc1nc2cc(F)cc(C(=O)N3C[C@H]4OCCN(C)[C@H]4C3)c2nc1C. The molecule has 0 unspecified atom stereocenters. The van der Waals surface area contributed by atoms with E-state index < -0.39 is 5.82 Å². The van der Waals surface area contributed by atoms with Crippen molar-refractivity contribution in [2.75, 3.05) is 33.3 Å². The number of rotatable bonds is 1. The van der Waals surface area contributed by atoms with E-state index in [2.05, 4.69) is 14.9 Å². The number of hydrogen-bond donors (Lipinski definition) is 0. The monoisotopic (exact) mass is 344 g/mol. The quantitative estimate of drug-likeness (QED) is 0.785. The highest BCUT2D eigenvalue weighted by Crippen LogP contribution is 2.26. The number of nitrogens with zero attached hydrogens (tertiary/aromatic N) is 4. The summed E-state index contributed by atoms with van der Waals surface area (Å²) in [6.45, 7) is 6.29. The van der Waals surface area contributed by atoms with Crippen molar-refractivity contribution in [1.82, 2.24) is 19.8 Å². The van der Waals surface area contributed by atoms with Gasteiger partial charge < -0.3 is 9.64 Å². The highest BCUT2D eigenvalue weighted by molar-refractivity contribution is 6.05. The number of aromatic nitrogens is 2. The maximum absolute atomic E-state index is 14.1. The normalized spacial score (nSPS) is 23.9. The first-order chi connectivity index (χ1) is 11.9. The summed E-state index contributed by atoms with van der Waals surface area (Å²) in [4.78, 5) is 25.9. The van der Waals surface area contributed by atoms with Crippen LogP contribution in [0, 0.1) is 19.7 Å². The van der Waals surface area contributed by atoms with Gasteiger partial charge in [0.05, 0.1) is 41.2 Å². The molecular weight excluding hydrogens is 323 g/mol. The Morgan fingerprint density at radius 2 is 2.00 bits per heavy atom. The fraction of sp³-hybridized carbons (Fsp3) is 0.500. The fourth-order valence-electron chi connectivity index (χ4n) is 3.65. The van der Waals surface area contributed by atoms with E-state index in [0.29, 0.717) is 30.7 Å². The Morgan fingerprint density at radius 3 is 2.76 bits per heavy atom. The number of benzene rings is 1. The predicted octanol–water partition coefficient (Wildman–Crippen LogP) is 1.54. The number of carbonyl (C=O) groups is 1. The van der Waals surface area contributed by atoms with Crippen LogP contribution in [0.4, 0.5) is 4.39 Å². The summed E-state index contributed by atoms with van der Waals surface area (Å²) >= 11 is 0. The molecule has 1 aromatic carbocycles. The second-order valence-electron chi connectivity index (χ2n) is 6.88. The number of likely N-dealkylation sites (tertiary alicyclic amines) is 1. The van der Waals surface area contributed by atoms with E-state index in [9.17, 15) is 9.18 Å². The molecule has 3 heterocycles. The summed E-state index contributed by atoms with van der Waals surface area (Å²) in [5, 5.41) is 0. The van der Waals surface area contributed by atoms with E-state index in [1.807, 2.05) is 20.9 Å². The average Bonchev–Trinajstić information content (AvgIpc) is 3.01. The van der Waals surface area contributed by atoms with Gasteiger partial charge in [0.25, 0.3) is 5.91 Å². The highest BCUT2D eigenvalue weighted by Gasteiger charge is 2.41. The molecule has 2 aliphatic heterocycles. The topological polar surface area (TPSA) is 58.6 Å². The molecule has 6 nitrogen and oxygen atoms in total. The first-order valence-electron chi connectivity index (χ1n) is 8.49. The lowest BCUT2D eigenvalue weighted by Gasteiger charge is -2.33. The molecule has 0 N–H and O–H groups in total. The van der Waals surface area contributed by atoms with E-state index in [1.54, 1.807) is 4.90 Å². The third-order valence-electron chi connectivity index (χ3n) is 5.24. The van der Waals surface area contributed by atoms with Crippen LogP contribution in [0.15, 0.2) is 12.1 Å².